The van der Waals surface area contributed by atoms with Gasteiger partial charge in [0.25, 0.3) is 0 Å². The van der Waals surface area contributed by atoms with Crippen molar-refractivity contribution in [2.24, 2.45) is 10.3 Å². The van der Waals surface area contributed by atoms with Crippen LogP contribution in [0, 0.1) is 5.92 Å². The summed E-state index contributed by atoms with van der Waals surface area (Å²) in [6.07, 6.45) is -4.03. The molecule has 0 saturated carbocycles. The van der Waals surface area contributed by atoms with E-state index in [0.29, 0.717) is 43.6 Å². The van der Waals surface area contributed by atoms with Crippen molar-refractivity contribution in [1.82, 2.24) is 4.90 Å². The van der Waals surface area contributed by atoms with Gasteiger partial charge >= 0.3 is 12.5 Å². The van der Waals surface area contributed by atoms with Crippen LogP contribution in [0.2, 0.25) is 0 Å². The number of likely N-dealkylation sites (tertiary alicyclic amines) is 1. The summed E-state index contributed by atoms with van der Waals surface area (Å²) in [6.45, 7) is 6.52. The van der Waals surface area contributed by atoms with Crippen LogP contribution in [0.5, 0.6) is 11.5 Å². The highest BCUT2D eigenvalue weighted by Crippen LogP contribution is 2.38. The summed E-state index contributed by atoms with van der Waals surface area (Å²) in [6, 6.07) is 13.3. The van der Waals surface area contributed by atoms with Gasteiger partial charge in [-0.3, -0.25) is 0 Å². The predicted molar refractivity (Wildman–Crippen MR) is 138 cm³/mol. The number of fused-ring (bicyclic) bond motifs is 1. The Morgan fingerprint density at radius 3 is 2.45 bits per heavy atom. The monoisotopic (exact) mass is 552 g/mol. The molecule has 2 aliphatic rings. The molecule has 38 heavy (non-hydrogen) atoms. The maximum atomic E-state index is 12.8. The Morgan fingerprint density at radius 2 is 1.82 bits per heavy atom. The number of ether oxygens (including phenoxy) is 3. The van der Waals surface area contributed by atoms with E-state index in [0.717, 1.165) is 5.56 Å². The molecule has 1 fully saturated rings. The van der Waals surface area contributed by atoms with E-state index >= 15 is 0 Å². The van der Waals surface area contributed by atoms with Gasteiger partial charge in [0.2, 0.25) is 0 Å². The minimum Gasteiger partial charge on any atom is -0.591 e. The van der Waals surface area contributed by atoms with Crippen LogP contribution in [0.25, 0.3) is 0 Å². The Kier molecular flexibility index (Phi) is 8.46. The summed E-state index contributed by atoms with van der Waals surface area (Å²) in [7, 11) is 0. The number of carbonyl (C=O) groups is 1. The Bertz CT molecular complexity index is 1150. The molecule has 11 heteroatoms. The highest BCUT2D eigenvalue weighted by atomic mass is 32.2. The molecule has 2 atom stereocenters. The maximum Gasteiger partial charge on any atom is 0.573 e. The van der Waals surface area contributed by atoms with E-state index in [-0.39, 0.29) is 24.4 Å². The van der Waals surface area contributed by atoms with E-state index < -0.39 is 34.3 Å². The van der Waals surface area contributed by atoms with Gasteiger partial charge in [0.1, 0.15) is 46.0 Å². The predicted octanol–water partition coefficient (Wildman–Crippen LogP) is 6.04. The molecule has 0 bridgehead atoms. The molecule has 0 aliphatic carbocycles. The number of hydrogen-bond donors (Lipinski definition) is 0. The summed E-state index contributed by atoms with van der Waals surface area (Å²) < 4.78 is 70.8. The van der Waals surface area contributed by atoms with Gasteiger partial charge in [-0.2, -0.15) is 0 Å². The third kappa shape index (κ3) is 7.35. The molecule has 7 nitrogen and oxygen atoms in total. The number of benzene rings is 2. The largest absolute Gasteiger partial charge is 0.591 e. The summed E-state index contributed by atoms with van der Waals surface area (Å²) in [5, 5.41) is 0. The van der Waals surface area contributed by atoms with Crippen LogP contribution in [0.3, 0.4) is 0 Å². The van der Waals surface area contributed by atoms with Crippen LogP contribution in [-0.2, 0) is 22.7 Å². The smallest absolute Gasteiger partial charge is 0.573 e. The molecule has 2 aliphatic heterocycles. The maximum absolute atomic E-state index is 12.8. The normalized spacial score (nSPS) is 20.4. The molecule has 0 spiro atoms. The molecule has 0 N–H and O–H groups in total. The van der Waals surface area contributed by atoms with Gasteiger partial charge in [0.05, 0.1) is 0 Å². The second kappa shape index (κ2) is 11.4. The fourth-order valence-corrected chi connectivity index (χ4v) is 5.04. The lowest BCUT2D eigenvalue weighted by molar-refractivity contribution is -0.274. The molecule has 1 amide bonds. The molecule has 206 valence electrons. The van der Waals surface area contributed by atoms with E-state index in [2.05, 4.69) is 9.13 Å². The van der Waals surface area contributed by atoms with Crippen molar-refractivity contribution in [2.75, 3.05) is 13.1 Å². The quantitative estimate of drug-likeness (QED) is 0.423. The third-order valence-electron chi connectivity index (χ3n) is 6.42. The van der Waals surface area contributed by atoms with Crippen LogP contribution in [0.1, 0.15) is 51.2 Å². The Morgan fingerprint density at radius 1 is 1.13 bits per heavy atom. The number of alkyl halides is 3. The second-order valence-electron chi connectivity index (χ2n) is 10.3. The number of halogens is 3. The fourth-order valence-electron chi connectivity index (χ4n) is 4.39. The number of carbonyl (C=O) groups excluding carboxylic acids is 1. The molecular formula is C27H31F3N2O5S. The lowest BCUT2D eigenvalue weighted by atomic mass is 9.85. The van der Waals surface area contributed by atoms with E-state index in [1.165, 1.54) is 18.2 Å². The minimum absolute atomic E-state index is 0.0155. The molecule has 0 radical (unpaired) electrons. The van der Waals surface area contributed by atoms with Crippen LogP contribution in [-0.4, -0.2) is 51.6 Å². The van der Waals surface area contributed by atoms with E-state index in [1.54, 1.807) is 25.7 Å². The van der Waals surface area contributed by atoms with Crippen molar-refractivity contribution in [1.29, 1.82) is 0 Å². The Balaban J connectivity index is 1.46. The van der Waals surface area contributed by atoms with Crippen molar-refractivity contribution in [2.45, 2.75) is 63.9 Å². The number of amides is 1. The van der Waals surface area contributed by atoms with Gasteiger partial charge in [-0.15, -0.1) is 13.2 Å². The first-order chi connectivity index (χ1) is 17.9. The van der Waals surface area contributed by atoms with Crippen molar-refractivity contribution in [3.63, 3.8) is 0 Å². The zero-order valence-corrected chi connectivity index (χ0v) is 22.3. The summed E-state index contributed by atoms with van der Waals surface area (Å²) in [5.74, 6) is -0.177. The molecule has 2 aromatic rings. The van der Waals surface area contributed by atoms with Crippen molar-refractivity contribution < 1.29 is 36.7 Å². The Labute approximate surface area is 223 Å². The number of hydrogen-bond acceptors (Lipinski definition) is 6. The van der Waals surface area contributed by atoms with E-state index in [9.17, 15) is 22.5 Å². The minimum atomic E-state index is -4.84. The van der Waals surface area contributed by atoms with Crippen molar-refractivity contribution >= 4 is 23.2 Å². The zero-order valence-electron chi connectivity index (χ0n) is 21.5. The first-order valence-electron chi connectivity index (χ1n) is 12.4. The van der Waals surface area contributed by atoms with Gasteiger partial charge in [0, 0.05) is 31.1 Å². The highest BCUT2D eigenvalue weighted by Gasteiger charge is 2.38. The third-order valence-corrected chi connectivity index (χ3v) is 7.85. The first-order valence-corrected chi connectivity index (χ1v) is 13.5. The van der Waals surface area contributed by atoms with E-state index in [4.69, 9.17) is 9.47 Å². The van der Waals surface area contributed by atoms with Crippen LogP contribution >= 0.6 is 0 Å². The average Bonchev–Trinajstić information content (AvgIpc) is 2.86. The molecule has 4 rings (SSSR count). The number of rotatable bonds is 5. The van der Waals surface area contributed by atoms with Gasteiger partial charge in [-0.05, 0) is 57.2 Å². The Hall–Kier alpha value is -2.92. The van der Waals surface area contributed by atoms with E-state index in [1.807, 2.05) is 30.3 Å². The van der Waals surface area contributed by atoms with Crippen molar-refractivity contribution in [3.8, 4) is 11.5 Å². The van der Waals surface area contributed by atoms with Crippen LogP contribution < -0.4 is 9.47 Å². The lowest BCUT2D eigenvalue weighted by Crippen LogP contribution is -2.44. The standard InChI is InChI=1S/C27H31F3N2O5S/c1-26(2,3)38(34)31-22-16-23(36-24-15-20(9-10-21(22)24)37-27(28,29)30)19-11-13-32(14-12-19)25(33)35-17-18-7-5-4-6-8-18/h4-10,15,19,23H,11-14,16-17H2,1-3H3. The molecule has 1 saturated heterocycles. The molecule has 2 aromatic carbocycles. The molecule has 2 heterocycles. The van der Waals surface area contributed by atoms with Gasteiger partial charge in [-0.25, -0.2) is 4.79 Å². The zero-order chi connectivity index (χ0) is 27.5. The lowest BCUT2D eigenvalue weighted by Gasteiger charge is -2.38. The molecular weight excluding hydrogens is 521 g/mol. The molecule has 0 aromatic heterocycles. The SMILES string of the molecule is CC(C)(C)[S+]([O-])N=C1CC(C2CCN(C(=O)OCc3ccccc3)CC2)Oc2cc(OC(F)(F)F)ccc21. The summed E-state index contributed by atoms with van der Waals surface area (Å²) in [5.41, 5.74) is 1.92. The topological polar surface area (TPSA) is 83.4 Å². The van der Waals surface area contributed by atoms with Crippen LogP contribution in [0.15, 0.2) is 52.9 Å². The van der Waals surface area contributed by atoms with Gasteiger partial charge < -0.3 is 23.7 Å². The number of piperidine rings is 1. The average molecular weight is 553 g/mol. The fraction of sp³-hybridized carbons (Fsp3) is 0.481. The van der Waals surface area contributed by atoms with Crippen LogP contribution in [0.4, 0.5) is 18.0 Å². The van der Waals surface area contributed by atoms with Gasteiger partial charge in [-0.1, -0.05) is 34.7 Å². The number of nitrogens with zero attached hydrogens (tertiary/aromatic N) is 2. The van der Waals surface area contributed by atoms with Crippen molar-refractivity contribution in [3.05, 3.63) is 59.7 Å². The highest BCUT2D eigenvalue weighted by molar-refractivity contribution is 7.91. The summed E-state index contributed by atoms with van der Waals surface area (Å²) in [4.78, 5) is 14.2. The molecule has 2 unspecified atom stereocenters. The van der Waals surface area contributed by atoms with Gasteiger partial charge in [0.15, 0.2) is 0 Å². The summed E-state index contributed by atoms with van der Waals surface area (Å²) >= 11 is -1.56. The first kappa shape index (κ1) is 28.1. The second-order valence-corrected chi connectivity index (χ2v) is 12.2.